The van der Waals surface area contributed by atoms with Gasteiger partial charge in [0.05, 0.1) is 17.3 Å². The van der Waals surface area contributed by atoms with Crippen LogP contribution in [0, 0.1) is 5.92 Å². The Hall–Kier alpha value is -1.39. The highest BCUT2D eigenvalue weighted by Gasteiger charge is 2.11. The average molecular weight is 261 g/mol. The molecule has 104 valence electrons. The van der Waals surface area contributed by atoms with Gasteiger partial charge in [-0.15, -0.1) is 0 Å². The lowest BCUT2D eigenvalue weighted by molar-refractivity contribution is 0.123. The lowest BCUT2D eigenvalue weighted by Gasteiger charge is -2.14. The van der Waals surface area contributed by atoms with Crippen molar-refractivity contribution in [3.63, 3.8) is 0 Å². The zero-order valence-electron chi connectivity index (χ0n) is 11.9. The number of aliphatic hydroxyl groups excluding tert-OH is 1. The highest BCUT2D eigenvalue weighted by Crippen LogP contribution is 2.18. The molecular formula is C15H23N3O. The molecule has 0 bridgehead atoms. The van der Waals surface area contributed by atoms with Crippen molar-refractivity contribution in [1.29, 1.82) is 0 Å². The van der Waals surface area contributed by atoms with Gasteiger partial charge in [0.2, 0.25) is 0 Å². The molecule has 1 aromatic heterocycles. The third kappa shape index (κ3) is 3.14. The topological polar surface area (TPSA) is 50.1 Å². The second kappa shape index (κ2) is 6.17. The summed E-state index contributed by atoms with van der Waals surface area (Å²) in [5.74, 6) is 0.275. The van der Waals surface area contributed by atoms with Gasteiger partial charge in [0, 0.05) is 25.0 Å². The quantitative estimate of drug-likeness (QED) is 0.838. The van der Waals surface area contributed by atoms with Crippen molar-refractivity contribution < 1.29 is 5.11 Å². The molecular weight excluding hydrogens is 238 g/mol. The number of aryl methyl sites for hydroxylation is 1. The number of para-hydroxylation sites is 1. The van der Waals surface area contributed by atoms with Crippen molar-refractivity contribution in [2.45, 2.75) is 40.0 Å². The number of rotatable bonds is 6. The van der Waals surface area contributed by atoms with Gasteiger partial charge in [0.15, 0.2) is 0 Å². The fraction of sp³-hybridized carbons (Fsp3) is 0.533. The first-order valence-electron chi connectivity index (χ1n) is 6.96. The third-order valence-corrected chi connectivity index (χ3v) is 3.45. The Labute approximate surface area is 114 Å². The molecule has 2 aromatic rings. The van der Waals surface area contributed by atoms with Crippen molar-refractivity contribution >= 4 is 10.9 Å². The normalized spacial score (nSPS) is 13.3. The second-order valence-electron chi connectivity index (χ2n) is 5.22. The fourth-order valence-electron chi connectivity index (χ4n) is 2.14. The molecule has 4 nitrogen and oxygen atoms in total. The van der Waals surface area contributed by atoms with E-state index in [9.17, 15) is 5.11 Å². The fourth-order valence-corrected chi connectivity index (χ4v) is 2.14. The van der Waals surface area contributed by atoms with Gasteiger partial charge in [-0.05, 0) is 18.9 Å². The summed E-state index contributed by atoms with van der Waals surface area (Å²) in [4.78, 5) is 0. The minimum atomic E-state index is -0.306. The molecule has 0 spiro atoms. The minimum absolute atomic E-state index is 0.275. The number of hydrogen-bond acceptors (Lipinski definition) is 3. The molecule has 1 heterocycles. The number of hydrogen-bond donors (Lipinski definition) is 2. The van der Waals surface area contributed by atoms with E-state index in [1.165, 1.54) is 10.9 Å². The maximum absolute atomic E-state index is 9.78. The Kier molecular flexibility index (Phi) is 4.56. The predicted octanol–water partition coefficient (Wildman–Crippen LogP) is 2.16. The van der Waals surface area contributed by atoms with E-state index in [1.807, 2.05) is 30.7 Å². The molecule has 19 heavy (non-hydrogen) atoms. The third-order valence-electron chi connectivity index (χ3n) is 3.45. The molecule has 0 aliphatic rings. The van der Waals surface area contributed by atoms with E-state index in [-0.39, 0.29) is 12.0 Å². The molecule has 0 radical (unpaired) electrons. The Morgan fingerprint density at radius 3 is 2.74 bits per heavy atom. The van der Waals surface area contributed by atoms with E-state index in [0.717, 1.165) is 12.2 Å². The molecule has 1 unspecified atom stereocenters. The molecule has 0 fully saturated rings. The summed E-state index contributed by atoms with van der Waals surface area (Å²) in [5.41, 5.74) is 2.22. The van der Waals surface area contributed by atoms with E-state index in [0.29, 0.717) is 13.1 Å². The van der Waals surface area contributed by atoms with Crippen LogP contribution in [0.25, 0.3) is 10.9 Å². The zero-order chi connectivity index (χ0) is 13.8. The van der Waals surface area contributed by atoms with Crippen LogP contribution in [-0.2, 0) is 13.1 Å². The van der Waals surface area contributed by atoms with Crippen LogP contribution in [0.3, 0.4) is 0 Å². The standard InChI is InChI=1S/C15H23N3O/c1-4-18-14-8-6-5-7-12(14)13(17-18)9-16-10-15(19)11(2)3/h5-8,11,15-16,19H,4,9-10H2,1-3H3. The number of nitrogens with zero attached hydrogens (tertiary/aromatic N) is 2. The van der Waals surface area contributed by atoms with Crippen molar-refractivity contribution in [2.75, 3.05) is 6.54 Å². The summed E-state index contributed by atoms with van der Waals surface area (Å²) in [6.07, 6.45) is -0.306. The monoisotopic (exact) mass is 261 g/mol. The first-order chi connectivity index (χ1) is 9.13. The predicted molar refractivity (Wildman–Crippen MR) is 78.0 cm³/mol. The van der Waals surface area contributed by atoms with Crippen LogP contribution in [0.1, 0.15) is 26.5 Å². The molecule has 0 saturated heterocycles. The highest BCUT2D eigenvalue weighted by molar-refractivity contribution is 5.81. The van der Waals surface area contributed by atoms with E-state index < -0.39 is 0 Å². The van der Waals surface area contributed by atoms with E-state index in [4.69, 9.17) is 0 Å². The number of benzene rings is 1. The van der Waals surface area contributed by atoms with Crippen molar-refractivity contribution in [1.82, 2.24) is 15.1 Å². The molecule has 2 N–H and O–H groups in total. The highest BCUT2D eigenvalue weighted by atomic mass is 16.3. The largest absolute Gasteiger partial charge is 0.392 e. The van der Waals surface area contributed by atoms with Crippen LogP contribution in [0.5, 0.6) is 0 Å². The molecule has 1 atom stereocenters. The molecule has 4 heteroatoms. The summed E-state index contributed by atoms with van der Waals surface area (Å²) >= 11 is 0. The second-order valence-corrected chi connectivity index (χ2v) is 5.22. The van der Waals surface area contributed by atoms with E-state index in [1.54, 1.807) is 0 Å². The van der Waals surface area contributed by atoms with Gasteiger partial charge in [-0.2, -0.15) is 5.10 Å². The van der Waals surface area contributed by atoms with Crippen LogP contribution >= 0.6 is 0 Å². The summed E-state index contributed by atoms with van der Waals surface area (Å²) in [6.45, 7) is 8.30. The first kappa shape index (κ1) is 14.0. The Morgan fingerprint density at radius 2 is 2.05 bits per heavy atom. The molecule has 0 saturated carbocycles. The van der Waals surface area contributed by atoms with Crippen LogP contribution in [0.15, 0.2) is 24.3 Å². The summed E-state index contributed by atoms with van der Waals surface area (Å²) in [5, 5.41) is 18.9. The Morgan fingerprint density at radius 1 is 1.32 bits per heavy atom. The Bertz CT molecular complexity index is 533. The Balaban J connectivity index is 2.08. The van der Waals surface area contributed by atoms with Gasteiger partial charge in [0.25, 0.3) is 0 Å². The van der Waals surface area contributed by atoms with Crippen LogP contribution in [0.4, 0.5) is 0 Å². The molecule has 1 aromatic carbocycles. The summed E-state index contributed by atoms with van der Waals surface area (Å²) in [7, 11) is 0. The van der Waals surface area contributed by atoms with Crippen molar-refractivity contribution in [3.05, 3.63) is 30.0 Å². The SMILES string of the molecule is CCn1nc(CNCC(O)C(C)C)c2ccccc21. The number of aliphatic hydroxyl groups is 1. The average Bonchev–Trinajstić information content (AvgIpc) is 2.77. The maximum atomic E-state index is 9.78. The van der Waals surface area contributed by atoms with Crippen LogP contribution in [0.2, 0.25) is 0 Å². The summed E-state index contributed by atoms with van der Waals surface area (Å²) < 4.78 is 2.02. The van der Waals surface area contributed by atoms with Gasteiger partial charge < -0.3 is 10.4 Å². The summed E-state index contributed by atoms with van der Waals surface area (Å²) in [6, 6.07) is 8.27. The van der Waals surface area contributed by atoms with Crippen molar-refractivity contribution in [2.24, 2.45) is 5.92 Å². The lowest BCUT2D eigenvalue weighted by atomic mass is 10.1. The van der Waals surface area contributed by atoms with Gasteiger partial charge in [-0.3, -0.25) is 4.68 Å². The van der Waals surface area contributed by atoms with Crippen LogP contribution in [-0.4, -0.2) is 27.5 Å². The number of fused-ring (bicyclic) bond motifs is 1. The van der Waals surface area contributed by atoms with Gasteiger partial charge in [-0.25, -0.2) is 0 Å². The molecule has 0 amide bonds. The van der Waals surface area contributed by atoms with Gasteiger partial charge in [-0.1, -0.05) is 32.0 Å². The lowest BCUT2D eigenvalue weighted by Crippen LogP contribution is -2.30. The molecule has 0 aliphatic carbocycles. The molecule has 2 rings (SSSR count). The van der Waals surface area contributed by atoms with E-state index >= 15 is 0 Å². The van der Waals surface area contributed by atoms with E-state index in [2.05, 4.69) is 29.5 Å². The maximum Gasteiger partial charge on any atom is 0.0841 e. The first-order valence-corrected chi connectivity index (χ1v) is 6.96. The van der Waals surface area contributed by atoms with Crippen molar-refractivity contribution in [3.8, 4) is 0 Å². The smallest absolute Gasteiger partial charge is 0.0841 e. The number of aromatic nitrogens is 2. The van der Waals surface area contributed by atoms with Gasteiger partial charge in [0.1, 0.15) is 0 Å². The molecule has 0 aliphatic heterocycles. The minimum Gasteiger partial charge on any atom is -0.392 e. The zero-order valence-corrected chi connectivity index (χ0v) is 11.9. The van der Waals surface area contributed by atoms with Crippen LogP contribution < -0.4 is 5.32 Å². The van der Waals surface area contributed by atoms with Gasteiger partial charge >= 0.3 is 0 Å². The number of nitrogens with one attached hydrogen (secondary N) is 1.